The van der Waals surface area contributed by atoms with Crippen molar-refractivity contribution >= 4 is 5.91 Å². The molecule has 2 fully saturated rings. The molecule has 0 aromatic carbocycles. The monoisotopic (exact) mass is 225 g/mol. The maximum atomic E-state index is 11.7. The molecule has 2 N–H and O–H groups in total. The standard InChI is InChI=1S/C13H23NO2/c15-12-6-11(7-12)9-14-13(16)8-10-4-2-1-3-5-10/h10-12,15H,1-9H2,(H,14,16). The van der Waals surface area contributed by atoms with E-state index in [-0.39, 0.29) is 12.0 Å². The Morgan fingerprint density at radius 1 is 1.12 bits per heavy atom. The highest BCUT2D eigenvalue weighted by Gasteiger charge is 2.27. The zero-order valence-corrected chi connectivity index (χ0v) is 9.95. The van der Waals surface area contributed by atoms with Crippen LogP contribution in [0.5, 0.6) is 0 Å². The molecular weight excluding hydrogens is 202 g/mol. The number of amides is 1. The van der Waals surface area contributed by atoms with Crippen molar-refractivity contribution in [2.24, 2.45) is 11.8 Å². The summed E-state index contributed by atoms with van der Waals surface area (Å²) in [4.78, 5) is 11.7. The highest BCUT2D eigenvalue weighted by Crippen LogP contribution is 2.27. The summed E-state index contributed by atoms with van der Waals surface area (Å²) in [6.45, 7) is 0.766. The molecule has 0 unspecified atom stereocenters. The van der Waals surface area contributed by atoms with Crippen LogP contribution >= 0.6 is 0 Å². The molecule has 0 bridgehead atoms. The third kappa shape index (κ3) is 3.48. The van der Waals surface area contributed by atoms with Gasteiger partial charge in [0.25, 0.3) is 0 Å². The van der Waals surface area contributed by atoms with E-state index in [1.807, 2.05) is 0 Å². The van der Waals surface area contributed by atoms with Gasteiger partial charge in [-0.05, 0) is 37.5 Å². The topological polar surface area (TPSA) is 49.3 Å². The van der Waals surface area contributed by atoms with Crippen LogP contribution in [-0.4, -0.2) is 23.7 Å². The SMILES string of the molecule is O=C(CC1CCCCC1)NCC1CC(O)C1. The van der Waals surface area contributed by atoms with Gasteiger partial charge in [0.2, 0.25) is 5.91 Å². The van der Waals surface area contributed by atoms with Gasteiger partial charge in [-0.3, -0.25) is 4.79 Å². The molecule has 3 heteroatoms. The normalized spacial score (nSPS) is 30.8. The first kappa shape index (κ1) is 11.9. The van der Waals surface area contributed by atoms with Crippen molar-refractivity contribution in [2.75, 3.05) is 6.54 Å². The minimum atomic E-state index is -0.111. The lowest BCUT2D eigenvalue weighted by Gasteiger charge is -2.31. The van der Waals surface area contributed by atoms with Gasteiger partial charge < -0.3 is 10.4 Å². The molecule has 0 saturated heterocycles. The number of hydrogen-bond donors (Lipinski definition) is 2. The van der Waals surface area contributed by atoms with Crippen LogP contribution in [0.15, 0.2) is 0 Å². The van der Waals surface area contributed by atoms with E-state index in [1.54, 1.807) is 0 Å². The Bertz CT molecular complexity index is 230. The zero-order chi connectivity index (χ0) is 11.4. The first-order valence-electron chi connectivity index (χ1n) is 6.69. The van der Waals surface area contributed by atoms with Crippen molar-refractivity contribution < 1.29 is 9.90 Å². The number of carbonyl (C=O) groups is 1. The Kier molecular flexibility index (Phi) is 4.22. The summed E-state index contributed by atoms with van der Waals surface area (Å²) < 4.78 is 0. The van der Waals surface area contributed by atoms with E-state index < -0.39 is 0 Å². The summed E-state index contributed by atoms with van der Waals surface area (Å²) in [7, 11) is 0. The zero-order valence-electron chi connectivity index (χ0n) is 9.95. The van der Waals surface area contributed by atoms with Crippen LogP contribution in [0.25, 0.3) is 0 Å². The molecule has 0 spiro atoms. The Morgan fingerprint density at radius 3 is 2.44 bits per heavy atom. The van der Waals surface area contributed by atoms with Crippen LogP contribution < -0.4 is 5.32 Å². The molecule has 0 aromatic heterocycles. The van der Waals surface area contributed by atoms with Crippen LogP contribution in [0.3, 0.4) is 0 Å². The smallest absolute Gasteiger partial charge is 0.220 e. The van der Waals surface area contributed by atoms with Crippen LogP contribution in [0.4, 0.5) is 0 Å². The van der Waals surface area contributed by atoms with Gasteiger partial charge in [-0.15, -0.1) is 0 Å². The molecular formula is C13H23NO2. The second-order valence-corrected chi connectivity index (χ2v) is 5.50. The third-order valence-electron chi connectivity index (χ3n) is 4.00. The summed E-state index contributed by atoms with van der Waals surface area (Å²) in [5, 5.41) is 12.1. The lowest BCUT2D eigenvalue weighted by Crippen LogP contribution is -2.38. The minimum Gasteiger partial charge on any atom is -0.393 e. The van der Waals surface area contributed by atoms with Gasteiger partial charge >= 0.3 is 0 Å². The molecule has 0 heterocycles. The van der Waals surface area contributed by atoms with Crippen LogP contribution in [-0.2, 0) is 4.79 Å². The summed E-state index contributed by atoms with van der Waals surface area (Å²) in [6.07, 6.45) is 8.74. The van der Waals surface area contributed by atoms with E-state index in [0.29, 0.717) is 11.8 Å². The predicted molar refractivity (Wildman–Crippen MR) is 62.9 cm³/mol. The van der Waals surface area contributed by atoms with Gasteiger partial charge in [0.1, 0.15) is 0 Å². The second-order valence-electron chi connectivity index (χ2n) is 5.50. The maximum Gasteiger partial charge on any atom is 0.220 e. The Hall–Kier alpha value is -0.570. The summed E-state index contributed by atoms with van der Waals surface area (Å²) in [5.74, 6) is 1.36. The molecule has 16 heavy (non-hydrogen) atoms. The van der Waals surface area contributed by atoms with Crippen molar-refractivity contribution in [3.63, 3.8) is 0 Å². The molecule has 1 amide bonds. The van der Waals surface area contributed by atoms with E-state index >= 15 is 0 Å². The first-order valence-corrected chi connectivity index (χ1v) is 6.69. The number of nitrogens with one attached hydrogen (secondary N) is 1. The highest BCUT2D eigenvalue weighted by molar-refractivity contribution is 5.76. The van der Waals surface area contributed by atoms with E-state index in [1.165, 1.54) is 32.1 Å². The van der Waals surface area contributed by atoms with Gasteiger partial charge in [-0.1, -0.05) is 19.3 Å². The fourth-order valence-electron chi connectivity index (χ4n) is 2.85. The maximum absolute atomic E-state index is 11.7. The minimum absolute atomic E-state index is 0.111. The third-order valence-corrected chi connectivity index (χ3v) is 4.00. The van der Waals surface area contributed by atoms with E-state index in [4.69, 9.17) is 5.11 Å². The van der Waals surface area contributed by atoms with Gasteiger partial charge in [0.05, 0.1) is 6.10 Å². The summed E-state index contributed by atoms with van der Waals surface area (Å²) in [6, 6.07) is 0. The van der Waals surface area contributed by atoms with Crippen molar-refractivity contribution in [2.45, 2.75) is 57.5 Å². The molecule has 2 rings (SSSR count). The lowest BCUT2D eigenvalue weighted by molar-refractivity contribution is -0.122. The molecule has 0 aromatic rings. The molecule has 0 aliphatic heterocycles. The fraction of sp³-hybridized carbons (Fsp3) is 0.923. The molecule has 92 valence electrons. The number of hydrogen-bond acceptors (Lipinski definition) is 2. The van der Waals surface area contributed by atoms with Gasteiger partial charge in [0.15, 0.2) is 0 Å². The van der Waals surface area contributed by atoms with Crippen LogP contribution in [0.1, 0.15) is 51.4 Å². The average Bonchev–Trinajstić information content (AvgIpc) is 2.24. The van der Waals surface area contributed by atoms with Gasteiger partial charge in [-0.2, -0.15) is 0 Å². The Morgan fingerprint density at radius 2 is 1.81 bits per heavy atom. The van der Waals surface area contributed by atoms with Crippen molar-refractivity contribution in [1.29, 1.82) is 0 Å². The van der Waals surface area contributed by atoms with E-state index in [9.17, 15) is 4.79 Å². The molecule has 0 atom stereocenters. The summed E-state index contributed by atoms with van der Waals surface area (Å²) in [5.41, 5.74) is 0. The number of aliphatic hydroxyl groups is 1. The molecule has 2 saturated carbocycles. The average molecular weight is 225 g/mol. The van der Waals surface area contributed by atoms with Crippen LogP contribution in [0.2, 0.25) is 0 Å². The number of rotatable bonds is 4. The Labute approximate surface area is 97.6 Å². The van der Waals surface area contributed by atoms with E-state index in [0.717, 1.165) is 25.8 Å². The molecule has 3 nitrogen and oxygen atoms in total. The van der Waals surface area contributed by atoms with Crippen molar-refractivity contribution in [3.05, 3.63) is 0 Å². The molecule has 0 radical (unpaired) electrons. The largest absolute Gasteiger partial charge is 0.393 e. The predicted octanol–water partition coefficient (Wildman–Crippen LogP) is 1.84. The highest BCUT2D eigenvalue weighted by atomic mass is 16.3. The summed E-state index contributed by atoms with van der Waals surface area (Å²) >= 11 is 0. The van der Waals surface area contributed by atoms with Crippen molar-refractivity contribution in [3.8, 4) is 0 Å². The van der Waals surface area contributed by atoms with Gasteiger partial charge in [-0.25, -0.2) is 0 Å². The number of aliphatic hydroxyl groups excluding tert-OH is 1. The molecule has 2 aliphatic rings. The molecule has 2 aliphatic carbocycles. The second kappa shape index (κ2) is 5.67. The lowest BCUT2D eigenvalue weighted by atomic mass is 9.82. The van der Waals surface area contributed by atoms with Gasteiger partial charge in [0, 0.05) is 13.0 Å². The fourth-order valence-corrected chi connectivity index (χ4v) is 2.85. The van der Waals surface area contributed by atoms with Crippen molar-refractivity contribution in [1.82, 2.24) is 5.32 Å². The first-order chi connectivity index (χ1) is 7.74. The van der Waals surface area contributed by atoms with Crippen LogP contribution in [0, 0.1) is 11.8 Å². The number of carbonyl (C=O) groups excluding carboxylic acids is 1. The Balaban J connectivity index is 1.57. The van der Waals surface area contributed by atoms with E-state index in [2.05, 4.69) is 5.32 Å². The quantitative estimate of drug-likeness (QED) is 0.767.